The number of hydrogen-bond acceptors (Lipinski definition) is 3. The van der Waals surface area contributed by atoms with Gasteiger partial charge in [-0.1, -0.05) is 30.3 Å². The summed E-state index contributed by atoms with van der Waals surface area (Å²) in [5.74, 6) is -0.809. The van der Waals surface area contributed by atoms with Crippen molar-refractivity contribution in [1.29, 1.82) is 0 Å². The summed E-state index contributed by atoms with van der Waals surface area (Å²) >= 11 is 0. The summed E-state index contributed by atoms with van der Waals surface area (Å²) in [7, 11) is 0. The Balaban J connectivity index is 2.33. The molecule has 4 nitrogen and oxygen atoms in total. The van der Waals surface area contributed by atoms with Crippen LogP contribution in [0.1, 0.15) is 25.5 Å². The zero-order chi connectivity index (χ0) is 13.2. The number of ether oxygens (including phenoxy) is 1. The van der Waals surface area contributed by atoms with E-state index in [0.29, 0.717) is 19.8 Å². The van der Waals surface area contributed by atoms with Crippen LogP contribution in [0.5, 0.6) is 0 Å². The molecule has 0 aliphatic carbocycles. The smallest absolute Gasteiger partial charge is 0.325 e. The van der Waals surface area contributed by atoms with Gasteiger partial charge in [-0.25, -0.2) is 0 Å². The lowest BCUT2D eigenvalue weighted by molar-refractivity contribution is -0.152. The maximum Gasteiger partial charge on any atom is 0.325 e. The van der Waals surface area contributed by atoms with Gasteiger partial charge in [-0.15, -0.1) is 0 Å². The van der Waals surface area contributed by atoms with Crippen LogP contribution in [0.4, 0.5) is 0 Å². The summed E-state index contributed by atoms with van der Waals surface area (Å²) in [6.07, 6.45) is 0. The van der Waals surface area contributed by atoms with Crippen LogP contribution in [0.2, 0.25) is 0 Å². The van der Waals surface area contributed by atoms with E-state index in [4.69, 9.17) is 4.74 Å². The van der Waals surface area contributed by atoms with Crippen molar-refractivity contribution in [2.45, 2.75) is 25.4 Å². The molecule has 1 aliphatic heterocycles. The molecule has 1 N–H and O–H groups in total. The van der Waals surface area contributed by atoms with Gasteiger partial charge < -0.3 is 9.84 Å². The van der Waals surface area contributed by atoms with E-state index in [1.54, 1.807) is 0 Å². The Morgan fingerprint density at radius 2 is 2.06 bits per heavy atom. The SMILES string of the molecule is CC1(C)COCCN1C(C(=O)O)c1ccccc1. The molecular formula is C14H19NO3. The highest BCUT2D eigenvalue weighted by atomic mass is 16.5. The number of hydrogen-bond donors (Lipinski definition) is 1. The molecular weight excluding hydrogens is 230 g/mol. The standard InChI is InChI=1S/C14H19NO3/c1-14(2)10-18-9-8-15(14)12(13(16)17)11-6-4-3-5-7-11/h3-7,12H,8-10H2,1-2H3,(H,16,17). The van der Waals surface area contributed by atoms with Gasteiger partial charge in [0.05, 0.1) is 13.2 Å². The molecule has 1 fully saturated rings. The maximum atomic E-state index is 11.6. The maximum absolute atomic E-state index is 11.6. The molecule has 0 amide bonds. The number of rotatable bonds is 3. The van der Waals surface area contributed by atoms with Crippen molar-refractivity contribution >= 4 is 5.97 Å². The molecule has 1 unspecified atom stereocenters. The van der Waals surface area contributed by atoms with Gasteiger partial charge in [-0.2, -0.15) is 0 Å². The second kappa shape index (κ2) is 5.08. The predicted molar refractivity (Wildman–Crippen MR) is 68.4 cm³/mol. The fourth-order valence-corrected chi connectivity index (χ4v) is 2.44. The zero-order valence-electron chi connectivity index (χ0n) is 10.8. The van der Waals surface area contributed by atoms with Crippen molar-refractivity contribution in [3.8, 4) is 0 Å². The quantitative estimate of drug-likeness (QED) is 0.889. The van der Waals surface area contributed by atoms with E-state index in [1.165, 1.54) is 0 Å². The highest BCUT2D eigenvalue weighted by molar-refractivity contribution is 5.75. The van der Waals surface area contributed by atoms with Crippen molar-refractivity contribution in [2.24, 2.45) is 0 Å². The number of nitrogens with zero attached hydrogens (tertiary/aromatic N) is 1. The van der Waals surface area contributed by atoms with Crippen molar-refractivity contribution in [3.05, 3.63) is 35.9 Å². The van der Waals surface area contributed by atoms with Crippen molar-refractivity contribution in [2.75, 3.05) is 19.8 Å². The first kappa shape index (κ1) is 13.1. The van der Waals surface area contributed by atoms with Crippen LogP contribution in [0.25, 0.3) is 0 Å². The van der Waals surface area contributed by atoms with E-state index < -0.39 is 12.0 Å². The first-order valence-corrected chi connectivity index (χ1v) is 6.14. The number of carboxylic acids is 1. The Labute approximate surface area is 107 Å². The van der Waals surface area contributed by atoms with E-state index in [2.05, 4.69) is 0 Å². The van der Waals surface area contributed by atoms with Gasteiger partial charge in [0.1, 0.15) is 6.04 Å². The Kier molecular flexibility index (Phi) is 3.68. The Hall–Kier alpha value is -1.39. The van der Waals surface area contributed by atoms with Crippen molar-refractivity contribution < 1.29 is 14.6 Å². The van der Waals surface area contributed by atoms with Gasteiger partial charge in [-0.3, -0.25) is 9.69 Å². The molecule has 98 valence electrons. The van der Waals surface area contributed by atoms with Crippen LogP contribution in [-0.2, 0) is 9.53 Å². The van der Waals surface area contributed by atoms with E-state index in [1.807, 2.05) is 49.1 Å². The van der Waals surface area contributed by atoms with E-state index in [9.17, 15) is 9.90 Å². The van der Waals surface area contributed by atoms with Gasteiger partial charge in [0, 0.05) is 12.1 Å². The molecule has 1 aromatic rings. The first-order chi connectivity index (χ1) is 8.52. The fourth-order valence-electron chi connectivity index (χ4n) is 2.44. The Bertz CT molecular complexity index is 416. The van der Waals surface area contributed by atoms with E-state index in [0.717, 1.165) is 5.56 Å². The molecule has 0 saturated carbocycles. The minimum atomic E-state index is -0.809. The van der Waals surface area contributed by atoms with Crippen LogP contribution in [0.3, 0.4) is 0 Å². The molecule has 0 aromatic heterocycles. The Morgan fingerprint density at radius 3 is 2.61 bits per heavy atom. The molecule has 0 radical (unpaired) electrons. The largest absolute Gasteiger partial charge is 0.480 e. The molecule has 4 heteroatoms. The molecule has 0 bridgehead atoms. The lowest BCUT2D eigenvalue weighted by Gasteiger charge is -2.45. The Morgan fingerprint density at radius 1 is 1.39 bits per heavy atom. The second-order valence-electron chi connectivity index (χ2n) is 5.21. The van der Waals surface area contributed by atoms with Crippen LogP contribution in [0.15, 0.2) is 30.3 Å². The van der Waals surface area contributed by atoms with Crippen molar-refractivity contribution in [3.63, 3.8) is 0 Å². The molecule has 2 rings (SSSR count). The monoisotopic (exact) mass is 249 g/mol. The molecule has 1 aliphatic rings. The lowest BCUT2D eigenvalue weighted by Crippen LogP contribution is -2.55. The third kappa shape index (κ3) is 2.54. The summed E-state index contributed by atoms with van der Waals surface area (Å²) in [6, 6.07) is 8.77. The minimum Gasteiger partial charge on any atom is -0.480 e. The average molecular weight is 249 g/mol. The summed E-state index contributed by atoms with van der Waals surface area (Å²) in [5, 5.41) is 9.53. The minimum absolute atomic E-state index is 0.267. The van der Waals surface area contributed by atoms with Crippen molar-refractivity contribution in [1.82, 2.24) is 4.90 Å². The first-order valence-electron chi connectivity index (χ1n) is 6.14. The zero-order valence-corrected chi connectivity index (χ0v) is 10.8. The highest BCUT2D eigenvalue weighted by Crippen LogP contribution is 2.30. The molecule has 1 saturated heterocycles. The van der Waals surface area contributed by atoms with Crippen LogP contribution in [0, 0.1) is 0 Å². The molecule has 18 heavy (non-hydrogen) atoms. The van der Waals surface area contributed by atoms with Gasteiger partial charge >= 0.3 is 5.97 Å². The second-order valence-corrected chi connectivity index (χ2v) is 5.21. The molecule has 1 heterocycles. The van der Waals surface area contributed by atoms with Gasteiger partial charge in [0.15, 0.2) is 0 Å². The highest BCUT2D eigenvalue weighted by Gasteiger charge is 2.39. The number of benzene rings is 1. The van der Waals surface area contributed by atoms with Gasteiger partial charge in [0.25, 0.3) is 0 Å². The normalized spacial score (nSPS) is 21.4. The van der Waals surface area contributed by atoms with Crippen LogP contribution in [-0.4, -0.2) is 41.3 Å². The average Bonchev–Trinajstić information content (AvgIpc) is 2.32. The van der Waals surface area contributed by atoms with Gasteiger partial charge in [0.2, 0.25) is 0 Å². The van der Waals surface area contributed by atoms with Crippen LogP contribution >= 0.6 is 0 Å². The third-order valence-electron chi connectivity index (χ3n) is 3.37. The summed E-state index contributed by atoms with van der Waals surface area (Å²) in [5.41, 5.74) is 0.553. The molecule has 0 spiro atoms. The number of carboxylic acid groups (broad SMARTS) is 1. The molecule has 1 atom stereocenters. The summed E-state index contributed by atoms with van der Waals surface area (Å²) in [6.45, 7) is 5.82. The number of aliphatic carboxylic acids is 1. The molecule has 1 aromatic carbocycles. The predicted octanol–water partition coefficient (Wildman–Crippen LogP) is 1.92. The number of morpholine rings is 1. The third-order valence-corrected chi connectivity index (χ3v) is 3.37. The van der Waals surface area contributed by atoms with Gasteiger partial charge in [-0.05, 0) is 19.4 Å². The summed E-state index contributed by atoms with van der Waals surface area (Å²) < 4.78 is 5.45. The topological polar surface area (TPSA) is 49.8 Å². The lowest BCUT2D eigenvalue weighted by atomic mass is 9.96. The number of carbonyl (C=O) groups is 1. The summed E-state index contributed by atoms with van der Waals surface area (Å²) in [4.78, 5) is 13.6. The van der Waals surface area contributed by atoms with E-state index >= 15 is 0 Å². The van der Waals surface area contributed by atoms with E-state index in [-0.39, 0.29) is 5.54 Å². The fraction of sp³-hybridized carbons (Fsp3) is 0.500. The van der Waals surface area contributed by atoms with Crippen LogP contribution < -0.4 is 0 Å².